The summed E-state index contributed by atoms with van der Waals surface area (Å²) >= 11 is 1.89. The molecule has 9 rings (SSSR count). The molecule has 2 atom stereocenters. The van der Waals surface area contributed by atoms with E-state index in [1.807, 2.05) is 36.3 Å². The summed E-state index contributed by atoms with van der Waals surface area (Å²) in [5, 5.41) is 1.38. The largest absolute Gasteiger partial charge is 0.457 e. The third-order valence-electron chi connectivity index (χ3n) is 11.5. The van der Waals surface area contributed by atoms with E-state index in [1.54, 1.807) is 0 Å². The van der Waals surface area contributed by atoms with Gasteiger partial charge in [0.05, 0.1) is 33.4 Å². The Kier molecular flexibility index (Phi) is 8.36. The molecule has 3 aliphatic rings. The van der Waals surface area contributed by atoms with E-state index in [9.17, 15) is 0 Å². The summed E-state index contributed by atoms with van der Waals surface area (Å²) in [4.78, 5) is 17.4. The second-order valence-corrected chi connectivity index (χ2v) is 18.9. The minimum atomic E-state index is -0.225. The minimum absolute atomic E-state index is 0.0182. The highest BCUT2D eigenvalue weighted by Crippen LogP contribution is 2.54. The second-order valence-electron chi connectivity index (χ2n) is 17.7. The Bertz CT molecular complexity index is 2490. The van der Waals surface area contributed by atoms with Crippen LogP contribution < -0.4 is 9.64 Å². The lowest BCUT2D eigenvalue weighted by molar-refractivity contribution is 0.482. The van der Waals surface area contributed by atoms with Crippen LogP contribution in [0.1, 0.15) is 99.6 Å². The lowest BCUT2D eigenvalue weighted by atomic mass is 9.73. The number of hydrogen-bond acceptors (Lipinski definition) is 6. The van der Waals surface area contributed by atoms with E-state index in [4.69, 9.17) is 19.7 Å². The Morgan fingerprint density at radius 2 is 1.47 bits per heavy atom. The molecule has 2 aromatic heterocycles. The molecule has 4 heterocycles. The van der Waals surface area contributed by atoms with E-state index in [-0.39, 0.29) is 22.3 Å². The number of rotatable bonds is 5. The van der Waals surface area contributed by atoms with Crippen molar-refractivity contribution in [3.8, 4) is 22.8 Å². The van der Waals surface area contributed by atoms with Gasteiger partial charge in [0, 0.05) is 35.0 Å². The SMILES string of the molecule is CC(C)(C)c1ccnc(N2c3ccccc3C(C)(C)c3ccc(Oc4cc(C5=N[C@@H]6Cc7c(cccc7C(C)(C)C)[C@@H]6S5)cc(-c5ccccn5)c4)cc32)c1. The number of pyridine rings is 2. The van der Waals surface area contributed by atoms with Gasteiger partial charge in [0.1, 0.15) is 17.3 Å². The number of hydrogen-bond donors (Lipinski definition) is 0. The van der Waals surface area contributed by atoms with Crippen molar-refractivity contribution in [2.45, 2.75) is 89.3 Å². The van der Waals surface area contributed by atoms with Gasteiger partial charge in [-0.15, -0.1) is 0 Å². The molecule has 55 heavy (non-hydrogen) atoms. The molecule has 6 heteroatoms. The van der Waals surface area contributed by atoms with E-state index >= 15 is 0 Å². The monoisotopic (exact) mass is 740 g/mol. The lowest BCUT2D eigenvalue weighted by Crippen LogP contribution is -2.31. The van der Waals surface area contributed by atoms with Gasteiger partial charge in [-0.2, -0.15) is 0 Å². The fourth-order valence-electron chi connectivity index (χ4n) is 8.64. The molecule has 0 spiro atoms. The summed E-state index contributed by atoms with van der Waals surface area (Å²) in [5.41, 5.74) is 13.1. The summed E-state index contributed by atoms with van der Waals surface area (Å²) in [5.74, 6) is 2.41. The molecule has 0 saturated heterocycles. The normalized spacial score (nSPS) is 18.3. The lowest BCUT2D eigenvalue weighted by Gasteiger charge is -2.41. The summed E-state index contributed by atoms with van der Waals surface area (Å²) in [7, 11) is 0. The zero-order chi connectivity index (χ0) is 38.3. The Balaban J connectivity index is 1.11. The Morgan fingerprint density at radius 3 is 2.25 bits per heavy atom. The van der Waals surface area contributed by atoms with Gasteiger partial charge in [0.2, 0.25) is 0 Å². The highest BCUT2D eigenvalue weighted by molar-refractivity contribution is 8.15. The van der Waals surface area contributed by atoms with Crippen LogP contribution in [0.5, 0.6) is 11.5 Å². The highest BCUT2D eigenvalue weighted by atomic mass is 32.2. The fraction of sp³-hybridized carbons (Fsp3) is 0.286. The zero-order valence-electron chi connectivity index (χ0n) is 33.0. The van der Waals surface area contributed by atoms with E-state index in [1.165, 1.54) is 33.4 Å². The van der Waals surface area contributed by atoms with Gasteiger partial charge in [0.25, 0.3) is 0 Å². The molecule has 1 aliphatic carbocycles. The molecule has 0 saturated carbocycles. The fourth-order valence-corrected chi connectivity index (χ4v) is 9.99. The Labute approximate surface area is 330 Å². The number of para-hydroxylation sites is 1. The standard InChI is InChI=1S/C49H48N4OS/c1-47(2,3)32-21-23-51-44(27-32)53-42-18-10-9-15-38(42)49(7,8)39-20-19-33(28-43(39)53)54-34-25-30(40-17-11-12-22-50-40)24-31(26-34)46-52-41-29-36-35(45(41)55-46)14-13-16-37(36)48(4,5)6/h9-28,41,45H,29H2,1-8H3/t41-,45+/m1/s1. The quantitative estimate of drug-likeness (QED) is 0.176. The number of aliphatic imine (C=N–C) groups is 1. The number of ether oxygens (including phenoxy) is 1. The number of benzene rings is 4. The predicted octanol–water partition coefficient (Wildman–Crippen LogP) is 12.8. The number of fused-ring (bicyclic) bond motifs is 5. The molecule has 0 unspecified atom stereocenters. The summed E-state index contributed by atoms with van der Waals surface area (Å²) < 4.78 is 6.89. The van der Waals surface area contributed by atoms with Gasteiger partial charge < -0.3 is 4.74 Å². The molecular weight excluding hydrogens is 693 g/mol. The molecule has 0 fully saturated rings. The van der Waals surface area contributed by atoms with Gasteiger partial charge in [0.15, 0.2) is 0 Å². The molecular formula is C49H48N4OS. The van der Waals surface area contributed by atoms with E-state index in [0.29, 0.717) is 5.25 Å². The Morgan fingerprint density at radius 1 is 0.691 bits per heavy atom. The summed E-state index contributed by atoms with van der Waals surface area (Å²) in [6.07, 6.45) is 4.76. The molecule has 0 radical (unpaired) electrons. The van der Waals surface area contributed by atoms with Crippen molar-refractivity contribution in [1.29, 1.82) is 0 Å². The van der Waals surface area contributed by atoms with Crippen LogP contribution in [0.2, 0.25) is 0 Å². The van der Waals surface area contributed by atoms with E-state index < -0.39 is 0 Å². The molecule has 0 amide bonds. The summed E-state index contributed by atoms with van der Waals surface area (Å²) in [6, 6.07) is 39.1. The first-order valence-electron chi connectivity index (χ1n) is 19.4. The van der Waals surface area contributed by atoms with Crippen molar-refractivity contribution in [2.75, 3.05) is 4.90 Å². The highest BCUT2D eigenvalue weighted by Gasteiger charge is 2.41. The average Bonchev–Trinajstić information content (AvgIpc) is 3.73. The topological polar surface area (TPSA) is 50.6 Å². The first kappa shape index (κ1) is 35.5. The van der Waals surface area contributed by atoms with Crippen LogP contribution in [-0.2, 0) is 22.7 Å². The molecule has 276 valence electrons. The minimum Gasteiger partial charge on any atom is -0.457 e. The maximum Gasteiger partial charge on any atom is 0.137 e. The first-order valence-corrected chi connectivity index (χ1v) is 20.3. The first-order chi connectivity index (χ1) is 26.3. The number of thioether (sulfide) groups is 1. The van der Waals surface area contributed by atoms with Gasteiger partial charge in [-0.3, -0.25) is 14.9 Å². The third-order valence-corrected chi connectivity index (χ3v) is 12.9. The van der Waals surface area contributed by atoms with E-state index in [0.717, 1.165) is 57.0 Å². The second kappa shape index (κ2) is 12.9. The van der Waals surface area contributed by atoms with Crippen molar-refractivity contribution in [2.24, 2.45) is 4.99 Å². The maximum absolute atomic E-state index is 6.89. The maximum atomic E-state index is 6.89. The van der Waals surface area contributed by atoms with E-state index in [2.05, 4.69) is 157 Å². The molecule has 5 nitrogen and oxygen atoms in total. The average molecular weight is 741 g/mol. The van der Waals surface area contributed by atoms with Gasteiger partial charge in [-0.25, -0.2) is 4.98 Å². The zero-order valence-corrected chi connectivity index (χ0v) is 33.8. The predicted molar refractivity (Wildman–Crippen MR) is 229 cm³/mol. The van der Waals surface area contributed by atoms with Crippen LogP contribution in [0.25, 0.3) is 11.3 Å². The van der Waals surface area contributed by atoms with Crippen molar-refractivity contribution < 1.29 is 4.74 Å². The van der Waals surface area contributed by atoms with Crippen molar-refractivity contribution >= 4 is 34.0 Å². The van der Waals surface area contributed by atoms with Crippen LogP contribution in [0.15, 0.2) is 127 Å². The van der Waals surface area contributed by atoms with Crippen LogP contribution in [0, 0.1) is 0 Å². The molecule has 2 aliphatic heterocycles. The van der Waals surface area contributed by atoms with Crippen LogP contribution in [0.4, 0.5) is 17.2 Å². The molecule has 0 bridgehead atoms. The summed E-state index contributed by atoms with van der Waals surface area (Å²) in [6.45, 7) is 18.3. The van der Waals surface area contributed by atoms with Crippen molar-refractivity contribution in [3.63, 3.8) is 0 Å². The molecule has 4 aromatic carbocycles. The number of aromatic nitrogens is 2. The van der Waals surface area contributed by atoms with Crippen molar-refractivity contribution in [1.82, 2.24) is 9.97 Å². The molecule has 0 N–H and O–H groups in total. The van der Waals surface area contributed by atoms with Crippen LogP contribution >= 0.6 is 11.8 Å². The number of nitrogens with zero attached hydrogens (tertiary/aromatic N) is 4. The number of anilines is 3. The van der Waals surface area contributed by atoms with Gasteiger partial charge in [-0.05, 0) is 105 Å². The smallest absolute Gasteiger partial charge is 0.137 e. The molecule has 6 aromatic rings. The van der Waals surface area contributed by atoms with Gasteiger partial charge >= 0.3 is 0 Å². The van der Waals surface area contributed by atoms with Gasteiger partial charge in [-0.1, -0.05) is 116 Å². The van der Waals surface area contributed by atoms with Crippen LogP contribution in [0.3, 0.4) is 0 Å². The van der Waals surface area contributed by atoms with Crippen LogP contribution in [-0.4, -0.2) is 21.1 Å². The third kappa shape index (κ3) is 6.25. The Hall–Kier alpha value is -5.20. The van der Waals surface area contributed by atoms with Crippen molar-refractivity contribution in [3.05, 3.63) is 161 Å².